The minimum absolute atomic E-state index is 0.0633. The summed E-state index contributed by atoms with van der Waals surface area (Å²) in [5.74, 6) is -0.484. The number of hydrogen-bond acceptors (Lipinski definition) is 3. The van der Waals surface area contributed by atoms with Gasteiger partial charge in [0.2, 0.25) is 0 Å². The first-order valence-electron chi connectivity index (χ1n) is 5.20. The molecule has 0 aliphatic heterocycles. The first kappa shape index (κ1) is 11.6. The van der Waals surface area contributed by atoms with Gasteiger partial charge in [-0.1, -0.05) is 6.07 Å². The van der Waals surface area contributed by atoms with Crippen molar-refractivity contribution in [2.75, 3.05) is 5.32 Å². The van der Waals surface area contributed by atoms with E-state index in [-0.39, 0.29) is 11.6 Å². The van der Waals surface area contributed by atoms with E-state index in [0.29, 0.717) is 0 Å². The van der Waals surface area contributed by atoms with Gasteiger partial charge in [-0.25, -0.2) is 4.39 Å². The van der Waals surface area contributed by atoms with Crippen molar-refractivity contribution in [2.45, 2.75) is 13.0 Å². The number of nitrogens with one attached hydrogen (secondary N) is 1. The van der Waals surface area contributed by atoms with Crippen molar-refractivity contribution in [2.24, 2.45) is 0 Å². The Bertz CT molecular complexity index is 543. The van der Waals surface area contributed by atoms with Crippen LogP contribution in [0.5, 0.6) is 0 Å². The maximum absolute atomic E-state index is 13.1. The highest BCUT2D eigenvalue weighted by Crippen LogP contribution is 2.24. The SMILES string of the molecule is CC(Nc1ccc(F)c(C#N)c1)c1cccs1. The van der Waals surface area contributed by atoms with Crippen LogP contribution in [0.3, 0.4) is 0 Å². The summed E-state index contributed by atoms with van der Waals surface area (Å²) >= 11 is 1.66. The first-order valence-corrected chi connectivity index (χ1v) is 6.08. The van der Waals surface area contributed by atoms with Crippen molar-refractivity contribution in [1.82, 2.24) is 0 Å². The summed E-state index contributed by atoms with van der Waals surface area (Å²) in [6.45, 7) is 2.03. The number of halogens is 1. The van der Waals surface area contributed by atoms with E-state index in [1.54, 1.807) is 17.4 Å². The molecule has 1 atom stereocenters. The Morgan fingerprint density at radius 1 is 1.41 bits per heavy atom. The molecule has 2 rings (SSSR count). The third kappa shape index (κ3) is 2.63. The van der Waals surface area contributed by atoms with E-state index < -0.39 is 5.82 Å². The van der Waals surface area contributed by atoms with Gasteiger partial charge in [-0.15, -0.1) is 11.3 Å². The Balaban J connectivity index is 2.17. The van der Waals surface area contributed by atoms with Crippen molar-refractivity contribution in [3.8, 4) is 6.07 Å². The summed E-state index contributed by atoms with van der Waals surface area (Å²) in [5.41, 5.74) is 0.817. The molecule has 0 aliphatic rings. The molecule has 1 unspecified atom stereocenters. The molecule has 0 saturated heterocycles. The fraction of sp³-hybridized carbons (Fsp3) is 0.154. The van der Waals surface area contributed by atoms with Gasteiger partial charge < -0.3 is 5.32 Å². The van der Waals surface area contributed by atoms with Crippen molar-refractivity contribution >= 4 is 17.0 Å². The summed E-state index contributed by atoms with van der Waals surface area (Å²) in [4.78, 5) is 1.20. The summed E-state index contributed by atoms with van der Waals surface area (Å²) in [7, 11) is 0. The second kappa shape index (κ2) is 4.98. The molecule has 2 nitrogen and oxygen atoms in total. The van der Waals surface area contributed by atoms with Crippen molar-refractivity contribution in [3.05, 3.63) is 52.0 Å². The van der Waals surface area contributed by atoms with Crippen LogP contribution >= 0.6 is 11.3 Å². The van der Waals surface area contributed by atoms with Gasteiger partial charge in [-0.2, -0.15) is 5.26 Å². The zero-order valence-electron chi connectivity index (χ0n) is 9.27. The van der Waals surface area contributed by atoms with Crippen LogP contribution in [0.1, 0.15) is 23.4 Å². The second-order valence-electron chi connectivity index (χ2n) is 3.69. The van der Waals surface area contributed by atoms with Gasteiger partial charge in [0.1, 0.15) is 11.9 Å². The molecule has 1 N–H and O–H groups in total. The van der Waals surface area contributed by atoms with Gasteiger partial charge in [0.15, 0.2) is 0 Å². The maximum Gasteiger partial charge on any atom is 0.141 e. The van der Waals surface area contributed by atoms with Gasteiger partial charge in [0.05, 0.1) is 11.6 Å². The Kier molecular flexibility index (Phi) is 3.40. The lowest BCUT2D eigenvalue weighted by atomic mass is 10.2. The second-order valence-corrected chi connectivity index (χ2v) is 4.67. The smallest absolute Gasteiger partial charge is 0.141 e. The Morgan fingerprint density at radius 3 is 2.88 bits per heavy atom. The van der Waals surface area contributed by atoms with Gasteiger partial charge in [0.25, 0.3) is 0 Å². The number of nitriles is 1. The van der Waals surface area contributed by atoms with Crippen LogP contribution in [-0.2, 0) is 0 Å². The molecule has 1 aromatic carbocycles. The molecule has 0 fully saturated rings. The van der Waals surface area contributed by atoms with Gasteiger partial charge >= 0.3 is 0 Å². The molecule has 0 spiro atoms. The van der Waals surface area contributed by atoms with E-state index in [0.717, 1.165) is 5.69 Å². The number of nitrogens with zero attached hydrogens (tertiary/aromatic N) is 1. The molecule has 0 radical (unpaired) electrons. The molecule has 86 valence electrons. The molecule has 4 heteroatoms. The van der Waals surface area contributed by atoms with Crippen LogP contribution in [0.2, 0.25) is 0 Å². The quantitative estimate of drug-likeness (QED) is 0.890. The topological polar surface area (TPSA) is 35.8 Å². The zero-order valence-corrected chi connectivity index (χ0v) is 10.1. The van der Waals surface area contributed by atoms with Gasteiger partial charge in [-0.05, 0) is 36.6 Å². The predicted molar refractivity (Wildman–Crippen MR) is 67.5 cm³/mol. The monoisotopic (exact) mass is 246 g/mol. The van der Waals surface area contributed by atoms with Crippen molar-refractivity contribution in [1.29, 1.82) is 5.26 Å². The summed E-state index contributed by atoms with van der Waals surface area (Å²) < 4.78 is 13.1. The normalized spacial score (nSPS) is 11.8. The molecule has 1 aromatic heterocycles. The third-order valence-corrected chi connectivity index (χ3v) is 3.49. The molecule has 0 aliphatic carbocycles. The predicted octanol–water partition coefficient (Wildman–Crippen LogP) is 3.93. The average Bonchev–Trinajstić information content (AvgIpc) is 2.85. The number of benzene rings is 1. The molecule has 0 saturated carbocycles. The zero-order chi connectivity index (χ0) is 12.3. The number of thiophene rings is 1. The number of anilines is 1. The van der Waals surface area contributed by atoms with E-state index in [9.17, 15) is 4.39 Å². The first-order chi connectivity index (χ1) is 8.20. The van der Waals surface area contributed by atoms with Gasteiger partial charge in [-0.3, -0.25) is 0 Å². The van der Waals surface area contributed by atoms with Crippen LogP contribution in [0.4, 0.5) is 10.1 Å². The Labute approximate surface area is 103 Å². The highest BCUT2D eigenvalue weighted by Gasteiger charge is 2.08. The third-order valence-electron chi connectivity index (χ3n) is 2.44. The maximum atomic E-state index is 13.1. The molecule has 0 amide bonds. The van der Waals surface area contributed by atoms with Crippen molar-refractivity contribution < 1.29 is 4.39 Å². The molecular weight excluding hydrogens is 235 g/mol. The minimum atomic E-state index is -0.484. The Hall–Kier alpha value is -1.86. The molecular formula is C13H11FN2S. The van der Waals surface area contributed by atoms with Gasteiger partial charge in [0, 0.05) is 10.6 Å². The Morgan fingerprint density at radius 2 is 2.24 bits per heavy atom. The number of rotatable bonds is 3. The van der Waals surface area contributed by atoms with Crippen LogP contribution < -0.4 is 5.32 Å². The van der Waals surface area contributed by atoms with E-state index >= 15 is 0 Å². The van der Waals surface area contributed by atoms with E-state index in [1.807, 2.05) is 30.5 Å². The molecule has 0 bridgehead atoms. The number of hydrogen-bond donors (Lipinski definition) is 1. The largest absolute Gasteiger partial charge is 0.378 e. The summed E-state index contributed by atoms with van der Waals surface area (Å²) in [6, 6.07) is 10.5. The van der Waals surface area contributed by atoms with Crippen LogP contribution in [0.25, 0.3) is 0 Å². The fourth-order valence-electron chi connectivity index (χ4n) is 1.56. The molecule has 1 heterocycles. The van der Waals surface area contributed by atoms with E-state index in [1.165, 1.54) is 17.0 Å². The van der Waals surface area contributed by atoms with Crippen LogP contribution in [-0.4, -0.2) is 0 Å². The van der Waals surface area contributed by atoms with Crippen molar-refractivity contribution in [3.63, 3.8) is 0 Å². The van der Waals surface area contributed by atoms with E-state index in [2.05, 4.69) is 5.32 Å². The standard InChI is InChI=1S/C13H11FN2S/c1-9(13-3-2-6-17-13)16-11-4-5-12(14)10(7-11)8-15/h2-7,9,16H,1H3. The minimum Gasteiger partial charge on any atom is -0.378 e. The lowest BCUT2D eigenvalue weighted by Crippen LogP contribution is -2.05. The highest BCUT2D eigenvalue weighted by molar-refractivity contribution is 7.10. The van der Waals surface area contributed by atoms with Crippen LogP contribution in [0.15, 0.2) is 35.7 Å². The lowest BCUT2D eigenvalue weighted by molar-refractivity contribution is 0.624. The molecule has 17 heavy (non-hydrogen) atoms. The fourth-order valence-corrected chi connectivity index (χ4v) is 2.29. The summed E-state index contributed by atoms with van der Waals surface area (Å²) in [5, 5.41) is 14.0. The van der Waals surface area contributed by atoms with E-state index in [4.69, 9.17) is 5.26 Å². The van der Waals surface area contributed by atoms with Crippen LogP contribution in [0, 0.1) is 17.1 Å². The average molecular weight is 246 g/mol. The lowest BCUT2D eigenvalue weighted by Gasteiger charge is -2.13. The molecule has 2 aromatic rings. The summed E-state index contributed by atoms with van der Waals surface area (Å²) in [6.07, 6.45) is 0. The highest BCUT2D eigenvalue weighted by atomic mass is 32.1.